The number of nitrogens with one attached hydrogen (secondary N) is 1. The van der Waals surface area contributed by atoms with Crippen molar-refractivity contribution in [3.8, 4) is 5.75 Å². The van der Waals surface area contributed by atoms with Crippen LogP contribution in [0.1, 0.15) is 30.6 Å². The second kappa shape index (κ2) is 9.26. The fourth-order valence-corrected chi connectivity index (χ4v) is 3.31. The van der Waals surface area contributed by atoms with E-state index in [4.69, 9.17) is 4.74 Å². The van der Waals surface area contributed by atoms with E-state index in [1.54, 1.807) is 23.2 Å². The summed E-state index contributed by atoms with van der Waals surface area (Å²) < 4.78 is 8.89. The fourth-order valence-electron chi connectivity index (χ4n) is 3.31. The molecule has 2 atom stereocenters. The van der Waals surface area contributed by atoms with Gasteiger partial charge in [-0.2, -0.15) is 0 Å². The first-order valence-corrected chi connectivity index (χ1v) is 9.84. The molecule has 0 saturated heterocycles. The van der Waals surface area contributed by atoms with Crippen molar-refractivity contribution in [1.82, 2.24) is 14.5 Å². The Morgan fingerprint density at radius 3 is 2.41 bits per heavy atom. The molecular weight excluding hydrogens is 370 g/mol. The first kappa shape index (κ1) is 21.1. The number of rotatable bonds is 9. The van der Waals surface area contributed by atoms with Gasteiger partial charge < -0.3 is 20.3 Å². The van der Waals surface area contributed by atoms with Crippen molar-refractivity contribution in [2.75, 3.05) is 13.2 Å². The molecule has 7 nitrogen and oxygen atoms in total. The molecule has 0 bridgehead atoms. The van der Waals surface area contributed by atoms with E-state index in [9.17, 15) is 15.0 Å². The molecule has 0 aliphatic carbocycles. The van der Waals surface area contributed by atoms with Crippen molar-refractivity contribution >= 4 is 11.0 Å². The highest BCUT2D eigenvalue weighted by Crippen LogP contribution is 2.21. The van der Waals surface area contributed by atoms with Crippen LogP contribution in [-0.4, -0.2) is 38.6 Å². The smallest absolute Gasteiger partial charge is 0.328 e. The first-order chi connectivity index (χ1) is 13.9. The molecule has 1 aromatic heterocycles. The third-order valence-electron chi connectivity index (χ3n) is 5.32. The van der Waals surface area contributed by atoms with Gasteiger partial charge in [-0.3, -0.25) is 9.13 Å². The number of hydrogen-bond donors (Lipinski definition) is 3. The SMILES string of the molecule is CC[C@@H](CO)NCc1ccc(OC[C@H](O)c2ccc3c(c2)n(C)c(=O)n3C)cc1. The topological polar surface area (TPSA) is 88.7 Å². The highest BCUT2D eigenvalue weighted by atomic mass is 16.5. The van der Waals surface area contributed by atoms with E-state index in [0.717, 1.165) is 23.0 Å². The Kier molecular flexibility index (Phi) is 6.74. The van der Waals surface area contributed by atoms with Gasteiger partial charge in [-0.25, -0.2) is 4.79 Å². The van der Waals surface area contributed by atoms with Gasteiger partial charge in [-0.05, 0) is 41.8 Å². The van der Waals surface area contributed by atoms with Gasteiger partial charge in [0.25, 0.3) is 0 Å². The molecule has 0 radical (unpaired) electrons. The lowest BCUT2D eigenvalue weighted by atomic mass is 10.1. The van der Waals surface area contributed by atoms with E-state index in [1.807, 2.05) is 49.4 Å². The zero-order chi connectivity index (χ0) is 21.0. The van der Waals surface area contributed by atoms with Gasteiger partial charge in [-0.15, -0.1) is 0 Å². The molecule has 29 heavy (non-hydrogen) atoms. The third kappa shape index (κ3) is 4.70. The van der Waals surface area contributed by atoms with Crippen LogP contribution >= 0.6 is 0 Å². The molecule has 1 heterocycles. The maximum Gasteiger partial charge on any atom is 0.328 e. The average Bonchev–Trinajstić information content (AvgIpc) is 2.97. The molecule has 0 saturated carbocycles. The van der Waals surface area contributed by atoms with E-state index in [1.165, 1.54) is 0 Å². The van der Waals surface area contributed by atoms with Crippen molar-refractivity contribution in [1.29, 1.82) is 0 Å². The fraction of sp³-hybridized carbons (Fsp3) is 0.409. The molecule has 0 fully saturated rings. The molecule has 0 spiro atoms. The van der Waals surface area contributed by atoms with Gasteiger partial charge in [0, 0.05) is 26.7 Å². The van der Waals surface area contributed by atoms with Crippen LogP contribution in [-0.2, 0) is 20.6 Å². The number of ether oxygens (including phenoxy) is 1. The van der Waals surface area contributed by atoms with E-state index in [2.05, 4.69) is 5.32 Å². The molecule has 0 aliphatic heterocycles. The lowest BCUT2D eigenvalue weighted by molar-refractivity contribution is 0.108. The van der Waals surface area contributed by atoms with Gasteiger partial charge in [0.15, 0.2) is 0 Å². The van der Waals surface area contributed by atoms with Crippen LogP contribution in [0.3, 0.4) is 0 Å². The van der Waals surface area contributed by atoms with Crippen LogP contribution in [0.2, 0.25) is 0 Å². The molecular formula is C22H29N3O4. The summed E-state index contributed by atoms with van der Waals surface area (Å²) in [6, 6.07) is 13.2. The molecule has 0 unspecified atom stereocenters. The summed E-state index contributed by atoms with van der Waals surface area (Å²) in [5.74, 6) is 0.676. The van der Waals surface area contributed by atoms with Crippen molar-refractivity contribution in [2.45, 2.75) is 32.0 Å². The monoisotopic (exact) mass is 399 g/mol. The lowest BCUT2D eigenvalue weighted by Crippen LogP contribution is -2.31. The van der Waals surface area contributed by atoms with Gasteiger partial charge in [-0.1, -0.05) is 25.1 Å². The molecule has 3 rings (SSSR count). The van der Waals surface area contributed by atoms with Crippen LogP contribution in [0.5, 0.6) is 5.75 Å². The zero-order valence-corrected chi connectivity index (χ0v) is 17.1. The van der Waals surface area contributed by atoms with Crippen molar-refractivity contribution in [3.63, 3.8) is 0 Å². The number of fused-ring (bicyclic) bond motifs is 1. The first-order valence-electron chi connectivity index (χ1n) is 9.84. The second-order valence-electron chi connectivity index (χ2n) is 7.29. The van der Waals surface area contributed by atoms with E-state index in [0.29, 0.717) is 17.9 Å². The summed E-state index contributed by atoms with van der Waals surface area (Å²) in [6.07, 6.45) is 0.0735. The number of nitrogens with zero attached hydrogens (tertiary/aromatic N) is 2. The summed E-state index contributed by atoms with van der Waals surface area (Å²) in [4.78, 5) is 12.0. The number of imidazole rings is 1. The number of aliphatic hydroxyl groups excluding tert-OH is 2. The summed E-state index contributed by atoms with van der Waals surface area (Å²) in [5, 5.41) is 23.0. The Balaban J connectivity index is 1.60. The highest BCUT2D eigenvalue weighted by molar-refractivity contribution is 5.76. The molecule has 3 N–H and O–H groups in total. The molecule has 0 amide bonds. The van der Waals surface area contributed by atoms with Gasteiger partial charge in [0.2, 0.25) is 0 Å². The standard InChI is InChI=1S/C22H29N3O4/c1-4-17(13-26)23-12-15-5-8-18(9-6-15)29-14-21(27)16-7-10-19-20(11-16)25(3)22(28)24(19)2/h5-11,17,21,23,26-27H,4,12-14H2,1-3H3/t17-,21-/m0/s1. The van der Waals surface area contributed by atoms with Gasteiger partial charge in [0.05, 0.1) is 17.6 Å². The quantitative estimate of drug-likeness (QED) is 0.511. The van der Waals surface area contributed by atoms with E-state index >= 15 is 0 Å². The largest absolute Gasteiger partial charge is 0.491 e. The maximum atomic E-state index is 12.0. The van der Waals surface area contributed by atoms with Crippen LogP contribution in [0.25, 0.3) is 11.0 Å². The number of aromatic nitrogens is 2. The lowest BCUT2D eigenvalue weighted by Gasteiger charge is -2.15. The van der Waals surface area contributed by atoms with Crippen molar-refractivity contribution in [3.05, 3.63) is 64.1 Å². The zero-order valence-electron chi connectivity index (χ0n) is 17.1. The Morgan fingerprint density at radius 2 is 1.76 bits per heavy atom. The Morgan fingerprint density at radius 1 is 1.07 bits per heavy atom. The van der Waals surface area contributed by atoms with Crippen LogP contribution < -0.4 is 15.7 Å². The summed E-state index contributed by atoms with van der Waals surface area (Å²) >= 11 is 0. The number of hydrogen-bond acceptors (Lipinski definition) is 5. The summed E-state index contributed by atoms with van der Waals surface area (Å²) in [6.45, 7) is 2.95. The minimum Gasteiger partial charge on any atom is -0.491 e. The maximum absolute atomic E-state index is 12.0. The van der Waals surface area contributed by atoms with Gasteiger partial charge >= 0.3 is 5.69 Å². The number of aliphatic hydroxyl groups is 2. The molecule has 0 aliphatic rings. The van der Waals surface area contributed by atoms with Crippen LogP contribution in [0, 0.1) is 0 Å². The number of benzene rings is 2. The predicted molar refractivity (Wildman–Crippen MR) is 113 cm³/mol. The minimum atomic E-state index is -0.800. The van der Waals surface area contributed by atoms with E-state index in [-0.39, 0.29) is 24.9 Å². The molecule has 3 aromatic rings. The minimum absolute atomic E-state index is 0.0956. The Hall–Kier alpha value is -2.61. The Bertz CT molecular complexity index is 1000. The van der Waals surface area contributed by atoms with Crippen LogP contribution in [0.15, 0.2) is 47.3 Å². The van der Waals surface area contributed by atoms with Crippen LogP contribution in [0.4, 0.5) is 0 Å². The summed E-state index contributed by atoms with van der Waals surface area (Å²) in [7, 11) is 3.45. The normalized spacial score (nSPS) is 13.6. The Labute approximate surface area is 170 Å². The van der Waals surface area contributed by atoms with Gasteiger partial charge in [0.1, 0.15) is 18.5 Å². The number of aryl methyl sites for hydroxylation is 2. The molecule has 156 valence electrons. The molecule has 7 heteroatoms. The third-order valence-corrected chi connectivity index (χ3v) is 5.32. The highest BCUT2D eigenvalue weighted by Gasteiger charge is 2.13. The van der Waals surface area contributed by atoms with Crippen molar-refractivity contribution < 1.29 is 14.9 Å². The summed E-state index contributed by atoms with van der Waals surface area (Å²) in [5.41, 5.74) is 3.31. The molecule has 2 aromatic carbocycles. The van der Waals surface area contributed by atoms with E-state index < -0.39 is 6.10 Å². The van der Waals surface area contributed by atoms with Crippen molar-refractivity contribution in [2.24, 2.45) is 14.1 Å². The second-order valence-corrected chi connectivity index (χ2v) is 7.29. The predicted octanol–water partition coefficient (Wildman–Crippen LogP) is 1.85. The average molecular weight is 399 g/mol.